The number of hydrogen-bond acceptors (Lipinski definition) is 4. The molecule has 0 saturated carbocycles. The molecule has 2 N–H and O–H groups in total. The van der Waals surface area contributed by atoms with Gasteiger partial charge in [-0.25, -0.2) is 8.42 Å². The van der Waals surface area contributed by atoms with E-state index < -0.39 is 14.6 Å². The van der Waals surface area contributed by atoms with Gasteiger partial charge >= 0.3 is 0 Å². The summed E-state index contributed by atoms with van der Waals surface area (Å²) in [5.74, 6) is -0.359. The van der Waals surface area contributed by atoms with Gasteiger partial charge in [0.05, 0.1) is 0 Å². The van der Waals surface area contributed by atoms with Gasteiger partial charge in [0.2, 0.25) is 5.91 Å². The molecule has 5 nitrogen and oxygen atoms in total. The Kier molecular flexibility index (Phi) is 5.00. The van der Waals surface area contributed by atoms with Crippen LogP contribution in [0.15, 0.2) is 30.3 Å². The van der Waals surface area contributed by atoms with E-state index in [1.165, 1.54) is 0 Å². The second-order valence-corrected chi connectivity index (χ2v) is 7.83. The first kappa shape index (κ1) is 16.0. The molecular formula is C15H22N2O3S. The van der Waals surface area contributed by atoms with Crippen LogP contribution in [0, 0.1) is 0 Å². The predicted octanol–water partition coefficient (Wildman–Crippen LogP) is 0.512. The molecule has 1 heterocycles. The molecule has 0 bridgehead atoms. The first-order valence-electron chi connectivity index (χ1n) is 7.18. The van der Waals surface area contributed by atoms with Crippen LogP contribution in [0.2, 0.25) is 0 Å². The van der Waals surface area contributed by atoms with Crippen LogP contribution in [-0.2, 0) is 21.1 Å². The molecule has 1 aromatic carbocycles. The fourth-order valence-corrected chi connectivity index (χ4v) is 4.08. The van der Waals surface area contributed by atoms with Gasteiger partial charge in [0.1, 0.15) is 0 Å². The van der Waals surface area contributed by atoms with Gasteiger partial charge in [-0.2, -0.15) is 0 Å². The van der Waals surface area contributed by atoms with Crippen LogP contribution < -0.4 is 10.6 Å². The molecule has 0 unspecified atom stereocenters. The van der Waals surface area contributed by atoms with Crippen molar-refractivity contribution in [3.8, 4) is 0 Å². The Morgan fingerprint density at radius 2 is 1.86 bits per heavy atom. The monoisotopic (exact) mass is 310 g/mol. The minimum absolute atomic E-state index is 0.336. The molecule has 0 aliphatic carbocycles. The minimum Gasteiger partial charge on any atom is -0.354 e. The summed E-state index contributed by atoms with van der Waals surface area (Å²) in [7, 11) is -3.43. The average molecular weight is 310 g/mol. The molecule has 0 radical (unpaired) electrons. The summed E-state index contributed by atoms with van der Waals surface area (Å²) < 4.78 is 22.9. The van der Waals surface area contributed by atoms with Gasteiger partial charge in [0.25, 0.3) is 0 Å². The number of hydrogen-bond donors (Lipinski definition) is 2. The van der Waals surface area contributed by atoms with Gasteiger partial charge < -0.3 is 10.6 Å². The Morgan fingerprint density at radius 1 is 1.24 bits per heavy atom. The van der Waals surface area contributed by atoms with Crippen molar-refractivity contribution in [2.45, 2.75) is 24.0 Å². The lowest BCUT2D eigenvalue weighted by Crippen LogP contribution is -2.57. The lowest BCUT2D eigenvalue weighted by molar-refractivity contribution is -0.124. The van der Waals surface area contributed by atoms with E-state index in [0.717, 1.165) is 11.8 Å². The van der Waals surface area contributed by atoms with Crippen molar-refractivity contribution in [2.24, 2.45) is 0 Å². The second-order valence-electron chi connectivity index (χ2n) is 5.51. The molecule has 116 valence electrons. The SMILES string of the molecule is CS(=O)(=O)C1(C(=O)NCCc2ccccc2)CCNCC1. The van der Waals surface area contributed by atoms with Crippen LogP contribution in [0.4, 0.5) is 0 Å². The summed E-state index contributed by atoms with van der Waals surface area (Å²) in [5.41, 5.74) is 1.12. The van der Waals surface area contributed by atoms with Crippen LogP contribution in [0.1, 0.15) is 18.4 Å². The van der Waals surface area contributed by atoms with Gasteiger partial charge in [-0.1, -0.05) is 30.3 Å². The predicted molar refractivity (Wildman–Crippen MR) is 82.8 cm³/mol. The van der Waals surface area contributed by atoms with Gasteiger partial charge in [-0.15, -0.1) is 0 Å². The molecule has 1 amide bonds. The maximum absolute atomic E-state index is 12.4. The smallest absolute Gasteiger partial charge is 0.241 e. The fourth-order valence-electron chi connectivity index (χ4n) is 2.72. The Morgan fingerprint density at radius 3 is 2.43 bits per heavy atom. The highest BCUT2D eigenvalue weighted by Gasteiger charge is 2.48. The summed E-state index contributed by atoms with van der Waals surface area (Å²) in [5, 5.41) is 5.91. The molecule has 1 fully saturated rings. The molecule has 1 aromatic rings. The molecule has 0 atom stereocenters. The molecular weight excluding hydrogens is 288 g/mol. The van der Waals surface area contributed by atoms with Crippen molar-refractivity contribution in [3.63, 3.8) is 0 Å². The fraction of sp³-hybridized carbons (Fsp3) is 0.533. The van der Waals surface area contributed by atoms with Gasteiger partial charge in [0, 0.05) is 12.8 Å². The Bertz CT molecular complexity index is 578. The number of piperidine rings is 1. The van der Waals surface area contributed by atoms with Gasteiger partial charge in [0.15, 0.2) is 14.6 Å². The summed E-state index contributed by atoms with van der Waals surface area (Å²) in [6.07, 6.45) is 2.53. The van der Waals surface area contributed by atoms with Crippen LogP contribution in [-0.4, -0.2) is 45.0 Å². The lowest BCUT2D eigenvalue weighted by atomic mass is 9.95. The number of amides is 1. The maximum Gasteiger partial charge on any atom is 0.241 e. The minimum atomic E-state index is -3.43. The molecule has 6 heteroatoms. The first-order valence-corrected chi connectivity index (χ1v) is 9.07. The highest BCUT2D eigenvalue weighted by molar-refractivity contribution is 7.92. The molecule has 0 aromatic heterocycles. The van der Waals surface area contributed by atoms with Crippen molar-refractivity contribution in [1.29, 1.82) is 0 Å². The van der Waals surface area contributed by atoms with E-state index in [4.69, 9.17) is 0 Å². The topological polar surface area (TPSA) is 75.3 Å². The number of nitrogens with one attached hydrogen (secondary N) is 2. The molecule has 0 spiro atoms. The second kappa shape index (κ2) is 6.58. The van der Waals surface area contributed by atoms with Crippen LogP contribution in [0.25, 0.3) is 0 Å². The normalized spacial score (nSPS) is 18.1. The van der Waals surface area contributed by atoms with Crippen LogP contribution in [0.5, 0.6) is 0 Å². The van der Waals surface area contributed by atoms with Crippen molar-refractivity contribution in [1.82, 2.24) is 10.6 Å². The average Bonchev–Trinajstić information content (AvgIpc) is 2.48. The zero-order valence-electron chi connectivity index (χ0n) is 12.3. The van der Waals surface area contributed by atoms with E-state index in [2.05, 4.69) is 10.6 Å². The maximum atomic E-state index is 12.4. The highest BCUT2D eigenvalue weighted by Crippen LogP contribution is 2.27. The first-order chi connectivity index (χ1) is 9.96. The zero-order valence-corrected chi connectivity index (χ0v) is 13.1. The summed E-state index contributed by atoms with van der Waals surface area (Å²) in [6.45, 7) is 1.56. The molecule has 1 saturated heterocycles. The quantitative estimate of drug-likeness (QED) is 0.831. The Balaban J connectivity index is 2.00. The van der Waals surface area contributed by atoms with E-state index in [-0.39, 0.29) is 5.91 Å². The molecule has 21 heavy (non-hydrogen) atoms. The van der Waals surface area contributed by atoms with E-state index in [1.807, 2.05) is 30.3 Å². The van der Waals surface area contributed by atoms with E-state index in [0.29, 0.717) is 38.9 Å². The number of carbonyl (C=O) groups excluding carboxylic acids is 1. The van der Waals surface area contributed by atoms with E-state index >= 15 is 0 Å². The van der Waals surface area contributed by atoms with Crippen LogP contribution in [0.3, 0.4) is 0 Å². The van der Waals surface area contributed by atoms with Crippen molar-refractivity contribution >= 4 is 15.7 Å². The van der Waals surface area contributed by atoms with Crippen molar-refractivity contribution in [3.05, 3.63) is 35.9 Å². The summed E-state index contributed by atoms with van der Waals surface area (Å²) in [6, 6.07) is 9.81. The molecule has 1 aliphatic heterocycles. The third-order valence-corrected chi connectivity index (χ3v) is 6.09. The van der Waals surface area contributed by atoms with E-state index in [9.17, 15) is 13.2 Å². The Hall–Kier alpha value is -1.40. The number of sulfone groups is 1. The summed E-state index contributed by atoms with van der Waals surface area (Å²) >= 11 is 0. The van der Waals surface area contributed by atoms with Crippen molar-refractivity contribution in [2.75, 3.05) is 25.9 Å². The highest BCUT2D eigenvalue weighted by atomic mass is 32.2. The number of carbonyl (C=O) groups is 1. The number of rotatable bonds is 5. The van der Waals surface area contributed by atoms with Gasteiger partial charge in [-0.05, 0) is 37.9 Å². The van der Waals surface area contributed by atoms with E-state index in [1.54, 1.807) is 0 Å². The van der Waals surface area contributed by atoms with Crippen molar-refractivity contribution < 1.29 is 13.2 Å². The summed E-state index contributed by atoms with van der Waals surface area (Å²) in [4.78, 5) is 12.4. The van der Waals surface area contributed by atoms with Gasteiger partial charge in [-0.3, -0.25) is 4.79 Å². The standard InChI is InChI=1S/C15H22N2O3S/c1-21(19,20)15(8-11-16-12-9-15)14(18)17-10-7-13-5-3-2-4-6-13/h2-6,16H,7-12H2,1H3,(H,17,18). The molecule has 1 aliphatic rings. The zero-order chi connectivity index (χ0) is 15.3. The third kappa shape index (κ3) is 3.63. The lowest BCUT2D eigenvalue weighted by Gasteiger charge is -2.34. The molecule has 2 rings (SSSR count). The Labute approximate surface area is 126 Å². The third-order valence-electron chi connectivity index (χ3n) is 4.08. The number of benzene rings is 1. The van der Waals surface area contributed by atoms with Crippen LogP contribution >= 0.6 is 0 Å². The largest absolute Gasteiger partial charge is 0.354 e.